The molecule has 1 aliphatic rings. The van der Waals surface area contributed by atoms with Crippen LogP contribution in [0.25, 0.3) is 0 Å². The van der Waals surface area contributed by atoms with E-state index in [-0.39, 0.29) is 18.2 Å². The molecule has 0 fully saturated rings. The number of hydrogen-bond acceptors (Lipinski definition) is 3. The van der Waals surface area contributed by atoms with Gasteiger partial charge in [0.2, 0.25) is 0 Å². The summed E-state index contributed by atoms with van der Waals surface area (Å²) in [4.78, 5) is 25.8. The van der Waals surface area contributed by atoms with Crippen LogP contribution in [-0.4, -0.2) is 23.3 Å². The summed E-state index contributed by atoms with van der Waals surface area (Å²) in [5.74, 6) is 0.676. The van der Waals surface area contributed by atoms with E-state index in [2.05, 4.69) is 104 Å². The zero-order valence-corrected chi connectivity index (χ0v) is 39.2. The SMILES string of the molecule is CC(=CCCC(C)=CCCC(C)=CCCC(C)=CCCC(C)=CCCC(C)=CCCC(C)=CCCC(C)CCCC(C)=CCC1=C(C)C(=O)c2ccccc2C1=O)CO. The first-order valence-electron chi connectivity index (χ1n) is 23.0. The maximum Gasteiger partial charge on any atom is 0.190 e. The van der Waals surface area contributed by atoms with E-state index in [9.17, 15) is 9.59 Å². The average Bonchev–Trinajstić information content (AvgIpc) is 3.19. The normalized spacial score (nSPS) is 16.1. The Morgan fingerprint density at radius 3 is 1.25 bits per heavy atom. The van der Waals surface area contributed by atoms with Gasteiger partial charge in [0.1, 0.15) is 0 Å². The predicted octanol–water partition coefficient (Wildman–Crippen LogP) is 16.6. The van der Waals surface area contributed by atoms with E-state index >= 15 is 0 Å². The molecule has 3 nitrogen and oxygen atoms in total. The Bertz CT molecular complexity index is 1780. The minimum atomic E-state index is -0.0160. The van der Waals surface area contributed by atoms with E-state index in [1.54, 1.807) is 19.1 Å². The highest BCUT2D eigenvalue weighted by Gasteiger charge is 2.28. The number of Topliss-reactive ketones (excluding diaryl/α,β-unsaturated/α-hetero) is 2. The van der Waals surface area contributed by atoms with E-state index in [4.69, 9.17) is 5.11 Å². The van der Waals surface area contributed by atoms with E-state index in [0.717, 1.165) is 102 Å². The zero-order valence-electron chi connectivity index (χ0n) is 39.2. The average molecular weight is 803 g/mol. The first-order chi connectivity index (χ1) is 28.2. The fourth-order valence-corrected chi connectivity index (χ4v) is 7.62. The first-order valence-corrected chi connectivity index (χ1v) is 23.0. The van der Waals surface area contributed by atoms with Crippen molar-refractivity contribution in [1.29, 1.82) is 0 Å². The molecule has 1 aliphatic carbocycles. The number of rotatable bonds is 28. The van der Waals surface area contributed by atoms with Crippen LogP contribution < -0.4 is 0 Å². The van der Waals surface area contributed by atoms with Gasteiger partial charge in [-0.2, -0.15) is 0 Å². The molecule has 0 saturated carbocycles. The van der Waals surface area contributed by atoms with Crippen molar-refractivity contribution in [2.75, 3.05) is 6.61 Å². The van der Waals surface area contributed by atoms with Crippen molar-refractivity contribution in [1.82, 2.24) is 0 Å². The van der Waals surface area contributed by atoms with Gasteiger partial charge in [0, 0.05) is 22.3 Å². The van der Waals surface area contributed by atoms with Crippen LogP contribution >= 0.6 is 0 Å². The molecular weight excluding hydrogens is 721 g/mol. The lowest BCUT2D eigenvalue weighted by Crippen LogP contribution is -2.20. The molecule has 0 radical (unpaired) electrons. The third kappa shape index (κ3) is 21.8. The Hall–Kier alpha value is -3.82. The van der Waals surface area contributed by atoms with Gasteiger partial charge in [0.15, 0.2) is 11.6 Å². The molecule has 0 aromatic heterocycles. The molecule has 0 heterocycles. The van der Waals surface area contributed by atoms with Crippen molar-refractivity contribution in [2.45, 2.75) is 185 Å². The van der Waals surface area contributed by atoms with Crippen LogP contribution in [0.2, 0.25) is 0 Å². The van der Waals surface area contributed by atoms with Gasteiger partial charge < -0.3 is 5.11 Å². The summed E-state index contributed by atoms with van der Waals surface area (Å²) >= 11 is 0. The lowest BCUT2D eigenvalue weighted by atomic mass is 9.83. The number of carbonyl (C=O) groups excluding carboxylic acids is 2. The fraction of sp³-hybridized carbons (Fsp3) is 0.536. The minimum absolute atomic E-state index is 0.000786. The Morgan fingerprint density at radius 1 is 0.492 bits per heavy atom. The lowest BCUT2D eigenvalue weighted by molar-refractivity contribution is 0.0973. The van der Waals surface area contributed by atoms with Gasteiger partial charge in [-0.15, -0.1) is 0 Å². The van der Waals surface area contributed by atoms with Crippen molar-refractivity contribution in [3.05, 3.63) is 140 Å². The summed E-state index contributed by atoms with van der Waals surface area (Å²) in [7, 11) is 0. The maximum absolute atomic E-state index is 13.0. The van der Waals surface area contributed by atoms with Gasteiger partial charge in [0.05, 0.1) is 6.61 Å². The third-order valence-corrected chi connectivity index (χ3v) is 12.0. The summed E-state index contributed by atoms with van der Waals surface area (Å²) < 4.78 is 0. The van der Waals surface area contributed by atoms with Gasteiger partial charge in [-0.05, 0) is 177 Å². The highest BCUT2D eigenvalue weighted by Crippen LogP contribution is 2.29. The molecule has 1 aromatic rings. The summed E-state index contributed by atoms with van der Waals surface area (Å²) in [6, 6.07) is 7.18. The highest BCUT2D eigenvalue weighted by molar-refractivity contribution is 6.26. The van der Waals surface area contributed by atoms with Gasteiger partial charge >= 0.3 is 0 Å². The van der Waals surface area contributed by atoms with Crippen LogP contribution in [0.3, 0.4) is 0 Å². The van der Waals surface area contributed by atoms with Crippen molar-refractivity contribution in [3.63, 3.8) is 0 Å². The van der Waals surface area contributed by atoms with Gasteiger partial charge in [0.25, 0.3) is 0 Å². The van der Waals surface area contributed by atoms with Crippen molar-refractivity contribution in [3.8, 4) is 0 Å². The van der Waals surface area contributed by atoms with Crippen molar-refractivity contribution < 1.29 is 14.7 Å². The number of benzene rings is 1. The van der Waals surface area contributed by atoms with Gasteiger partial charge in [-0.1, -0.05) is 131 Å². The summed E-state index contributed by atoms with van der Waals surface area (Å²) in [5, 5.41) is 9.12. The monoisotopic (exact) mass is 803 g/mol. The third-order valence-electron chi connectivity index (χ3n) is 12.0. The Balaban J connectivity index is 1.57. The number of aliphatic hydroxyl groups excluding tert-OH is 1. The van der Waals surface area contributed by atoms with Crippen LogP contribution in [0.5, 0.6) is 0 Å². The molecule has 1 atom stereocenters. The predicted molar refractivity (Wildman–Crippen MR) is 257 cm³/mol. The van der Waals surface area contributed by atoms with E-state index < -0.39 is 0 Å². The quantitative estimate of drug-likeness (QED) is 0.0859. The van der Waals surface area contributed by atoms with Gasteiger partial charge in [-0.3, -0.25) is 9.59 Å². The molecule has 0 amide bonds. The van der Waals surface area contributed by atoms with E-state index in [1.165, 1.54) is 51.9 Å². The molecule has 0 bridgehead atoms. The maximum atomic E-state index is 13.0. The summed E-state index contributed by atoms with van der Waals surface area (Å²) in [5.41, 5.74) is 13.6. The van der Waals surface area contributed by atoms with Crippen LogP contribution in [0.4, 0.5) is 0 Å². The summed E-state index contributed by atoms with van der Waals surface area (Å²) in [6.45, 7) is 22.1. The number of hydrogen-bond donors (Lipinski definition) is 1. The highest BCUT2D eigenvalue weighted by atomic mass is 16.3. The molecule has 324 valence electrons. The minimum Gasteiger partial charge on any atom is -0.392 e. The zero-order chi connectivity index (χ0) is 43.6. The Labute approximate surface area is 362 Å². The van der Waals surface area contributed by atoms with Crippen LogP contribution in [0.15, 0.2) is 129 Å². The topological polar surface area (TPSA) is 54.4 Å². The second kappa shape index (κ2) is 29.4. The molecule has 3 heteroatoms. The molecule has 1 N–H and O–H groups in total. The standard InChI is InChI=1S/C56H82O3/c1-42(22-14-24-44(3)26-16-28-46(5)30-18-32-48(7)34-20-36-50(9)41-57)21-13-23-43(2)25-15-27-45(4)29-17-31-47(6)33-19-35-49(8)39-40-52-51(10)55(58)53-37-11-12-38-54(53)56(52)59/h11-12,21,24-25,28-29,32,36-39,47,57H,13-20,22-23,26-27,30-31,33-35,40-41H2,1-10H3. The second-order valence-corrected chi connectivity index (χ2v) is 17.9. The molecule has 2 rings (SSSR count). The molecule has 1 unspecified atom stereocenters. The Morgan fingerprint density at radius 2 is 0.847 bits per heavy atom. The van der Waals surface area contributed by atoms with Crippen molar-refractivity contribution in [2.24, 2.45) is 5.92 Å². The number of fused-ring (bicyclic) bond motifs is 1. The molecular formula is C56H82O3. The number of aliphatic hydroxyl groups is 1. The summed E-state index contributed by atoms with van der Waals surface area (Å²) in [6.07, 6.45) is 38.6. The lowest BCUT2D eigenvalue weighted by Gasteiger charge is -2.18. The fourth-order valence-electron chi connectivity index (χ4n) is 7.62. The van der Waals surface area contributed by atoms with E-state index in [1.807, 2.05) is 19.1 Å². The molecule has 59 heavy (non-hydrogen) atoms. The number of allylic oxidation sites excluding steroid dienone is 17. The smallest absolute Gasteiger partial charge is 0.190 e. The number of ketones is 2. The number of carbonyl (C=O) groups is 2. The van der Waals surface area contributed by atoms with Crippen LogP contribution in [0, 0.1) is 5.92 Å². The largest absolute Gasteiger partial charge is 0.392 e. The van der Waals surface area contributed by atoms with E-state index in [0.29, 0.717) is 34.6 Å². The molecule has 0 saturated heterocycles. The molecule has 0 aliphatic heterocycles. The first kappa shape index (κ1) is 51.3. The molecule has 1 aromatic carbocycles. The van der Waals surface area contributed by atoms with Crippen LogP contribution in [0.1, 0.15) is 206 Å². The Kier molecular flexibility index (Phi) is 25.6. The van der Waals surface area contributed by atoms with Gasteiger partial charge in [-0.25, -0.2) is 0 Å². The molecule has 0 spiro atoms. The van der Waals surface area contributed by atoms with Crippen LogP contribution in [-0.2, 0) is 0 Å². The van der Waals surface area contributed by atoms with Crippen molar-refractivity contribution >= 4 is 11.6 Å². The second-order valence-electron chi connectivity index (χ2n) is 17.9.